The lowest BCUT2D eigenvalue weighted by atomic mass is 9.73. The van der Waals surface area contributed by atoms with Gasteiger partial charge in [0.2, 0.25) is 0 Å². The van der Waals surface area contributed by atoms with E-state index in [1.807, 2.05) is 30.5 Å². The monoisotopic (exact) mass is 294 g/mol. The lowest BCUT2D eigenvalue weighted by Crippen LogP contribution is -2.54. The van der Waals surface area contributed by atoms with Crippen molar-refractivity contribution < 1.29 is 5.11 Å². The Morgan fingerprint density at radius 2 is 2.18 bits per heavy atom. The third-order valence-electron chi connectivity index (χ3n) is 5.52. The summed E-state index contributed by atoms with van der Waals surface area (Å²) in [6, 6.07) is 10.3. The van der Waals surface area contributed by atoms with Crippen molar-refractivity contribution in [3.63, 3.8) is 0 Å². The fraction of sp³-hybridized carbons (Fsp3) is 0.421. The summed E-state index contributed by atoms with van der Waals surface area (Å²) >= 11 is 0. The highest BCUT2D eigenvalue weighted by atomic mass is 16.3. The maximum Gasteiger partial charge on any atom is 0.0952 e. The van der Waals surface area contributed by atoms with Crippen LogP contribution >= 0.6 is 0 Å². The molecular formula is C19H22N2O. The SMILES string of the molecule is C=C[C@H]1CN2CC[C@@H]1C[C@H]2[C@@H](O)c1ccnc2ccccc12. The number of benzene rings is 1. The Morgan fingerprint density at radius 3 is 2.95 bits per heavy atom. The van der Waals surface area contributed by atoms with Crippen molar-refractivity contribution in [2.24, 2.45) is 11.8 Å². The number of rotatable bonds is 3. The highest BCUT2D eigenvalue weighted by Crippen LogP contribution is 2.41. The molecule has 3 heteroatoms. The van der Waals surface area contributed by atoms with Gasteiger partial charge in [-0.15, -0.1) is 6.58 Å². The van der Waals surface area contributed by atoms with Crippen LogP contribution in [-0.4, -0.2) is 34.1 Å². The van der Waals surface area contributed by atoms with Crippen molar-refractivity contribution in [2.45, 2.75) is 25.0 Å². The first-order chi connectivity index (χ1) is 10.8. The zero-order valence-corrected chi connectivity index (χ0v) is 12.7. The molecule has 0 amide bonds. The van der Waals surface area contributed by atoms with E-state index >= 15 is 0 Å². The Hall–Kier alpha value is -1.71. The Kier molecular flexibility index (Phi) is 3.47. The highest BCUT2D eigenvalue weighted by Gasteiger charge is 2.42. The van der Waals surface area contributed by atoms with Crippen LogP contribution in [0, 0.1) is 11.8 Å². The minimum absolute atomic E-state index is 0.223. The van der Waals surface area contributed by atoms with E-state index in [9.17, 15) is 5.11 Å². The smallest absolute Gasteiger partial charge is 0.0952 e. The molecule has 0 spiro atoms. The summed E-state index contributed by atoms with van der Waals surface area (Å²) in [6.07, 6.45) is 5.76. The van der Waals surface area contributed by atoms with E-state index in [1.54, 1.807) is 0 Å². The first-order valence-electron chi connectivity index (χ1n) is 8.16. The molecule has 2 aromatic rings. The molecule has 3 aliphatic rings. The number of pyridine rings is 1. The zero-order valence-electron chi connectivity index (χ0n) is 12.7. The summed E-state index contributed by atoms with van der Waals surface area (Å²) in [5.74, 6) is 1.27. The standard InChI is InChI=1S/C19H22N2O/c1-2-13-12-21-10-8-14(13)11-18(21)19(22)16-7-9-20-17-6-4-3-5-15(16)17/h2-7,9,13-14,18-19,22H,1,8,10-12H2/t13-,14+,18-,19-/m0/s1. The van der Waals surface area contributed by atoms with Crippen LogP contribution < -0.4 is 0 Å². The van der Waals surface area contributed by atoms with Crippen LogP contribution in [0.25, 0.3) is 10.9 Å². The van der Waals surface area contributed by atoms with Crippen LogP contribution in [-0.2, 0) is 0 Å². The maximum absolute atomic E-state index is 11.0. The van der Waals surface area contributed by atoms with Gasteiger partial charge >= 0.3 is 0 Å². The van der Waals surface area contributed by atoms with Crippen LogP contribution in [0.5, 0.6) is 0 Å². The third kappa shape index (κ3) is 2.16. The summed E-state index contributed by atoms with van der Waals surface area (Å²) in [5, 5.41) is 12.1. The fourth-order valence-electron chi connectivity index (χ4n) is 4.29. The molecule has 5 atom stereocenters. The molecule has 5 rings (SSSR count). The number of aliphatic hydroxyl groups is 1. The second-order valence-electron chi connectivity index (χ2n) is 6.61. The summed E-state index contributed by atoms with van der Waals surface area (Å²) in [6.45, 7) is 6.11. The Morgan fingerprint density at radius 1 is 1.32 bits per heavy atom. The van der Waals surface area contributed by atoms with Gasteiger partial charge in [0.15, 0.2) is 0 Å². The van der Waals surface area contributed by atoms with Gasteiger partial charge in [-0.2, -0.15) is 0 Å². The van der Waals surface area contributed by atoms with E-state index in [0.717, 1.165) is 36.0 Å². The van der Waals surface area contributed by atoms with E-state index in [0.29, 0.717) is 11.8 Å². The van der Waals surface area contributed by atoms with Gasteiger partial charge in [-0.1, -0.05) is 24.3 Å². The fourth-order valence-corrected chi connectivity index (χ4v) is 4.29. The highest BCUT2D eigenvalue weighted by molar-refractivity contribution is 5.82. The topological polar surface area (TPSA) is 36.4 Å². The first kappa shape index (κ1) is 13.9. The number of piperidine rings is 3. The minimum atomic E-state index is -0.443. The van der Waals surface area contributed by atoms with Gasteiger partial charge in [0, 0.05) is 24.2 Å². The van der Waals surface area contributed by atoms with E-state index in [1.165, 1.54) is 6.42 Å². The number of aromatic nitrogens is 1. The lowest BCUT2D eigenvalue weighted by Gasteiger charge is -2.50. The summed E-state index contributed by atoms with van der Waals surface area (Å²) in [7, 11) is 0. The normalized spacial score (nSPS) is 32.0. The molecule has 3 nitrogen and oxygen atoms in total. The molecular weight excluding hydrogens is 272 g/mol. The molecule has 3 aliphatic heterocycles. The summed E-state index contributed by atoms with van der Waals surface area (Å²) in [5.41, 5.74) is 1.97. The largest absolute Gasteiger partial charge is 0.387 e. The molecule has 22 heavy (non-hydrogen) atoms. The number of aliphatic hydroxyl groups excluding tert-OH is 1. The van der Waals surface area contributed by atoms with E-state index in [-0.39, 0.29) is 6.04 Å². The first-order valence-corrected chi connectivity index (χ1v) is 8.16. The van der Waals surface area contributed by atoms with Gasteiger partial charge in [-0.25, -0.2) is 0 Å². The van der Waals surface area contributed by atoms with Crippen molar-refractivity contribution in [1.29, 1.82) is 0 Å². The predicted octanol–water partition coefficient (Wildman–Crippen LogP) is 3.16. The van der Waals surface area contributed by atoms with Crippen LogP contribution in [0.4, 0.5) is 0 Å². The molecule has 1 aromatic carbocycles. The Balaban J connectivity index is 1.67. The predicted molar refractivity (Wildman–Crippen MR) is 88.5 cm³/mol. The molecule has 1 N–H and O–H groups in total. The molecule has 1 unspecified atom stereocenters. The van der Waals surface area contributed by atoms with Crippen molar-refractivity contribution in [3.8, 4) is 0 Å². The minimum Gasteiger partial charge on any atom is -0.387 e. The quantitative estimate of drug-likeness (QED) is 0.883. The molecule has 0 radical (unpaired) electrons. The van der Waals surface area contributed by atoms with Gasteiger partial charge in [0.1, 0.15) is 0 Å². The average Bonchev–Trinajstić information content (AvgIpc) is 2.60. The van der Waals surface area contributed by atoms with Gasteiger partial charge in [-0.3, -0.25) is 9.88 Å². The number of hydrogen-bond donors (Lipinski definition) is 1. The third-order valence-corrected chi connectivity index (χ3v) is 5.52. The molecule has 0 saturated carbocycles. The summed E-state index contributed by atoms with van der Waals surface area (Å²) < 4.78 is 0. The lowest BCUT2D eigenvalue weighted by molar-refractivity contribution is -0.0444. The molecule has 3 fully saturated rings. The summed E-state index contributed by atoms with van der Waals surface area (Å²) in [4.78, 5) is 6.86. The number of hydrogen-bond acceptors (Lipinski definition) is 3. The maximum atomic E-state index is 11.0. The van der Waals surface area contributed by atoms with Crippen molar-refractivity contribution in [1.82, 2.24) is 9.88 Å². The molecule has 4 heterocycles. The molecule has 2 bridgehead atoms. The van der Waals surface area contributed by atoms with Gasteiger partial charge in [0.25, 0.3) is 0 Å². The zero-order chi connectivity index (χ0) is 15.1. The van der Waals surface area contributed by atoms with Gasteiger partial charge < -0.3 is 5.11 Å². The number of fused-ring (bicyclic) bond motifs is 4. The molecule has 1 aromatic heterocycles. The van der Waals surface area contributed by atoms with E-state index in [4.69, 9.17) is 0 Å². The van der Waals surface area contributed by atoms with E-state index < -0.39 is 6.10 Å². The second kappa shape index (κ2) is 5.49. The number of nitrogens with zero attached hydrogens (tertiary/aromatic N) is 2. The average molecular weight is 294 g/mol. The van der Waals surface area contributed by atoms with Crippen LogP contribution in [0.1, 0.15) is 24.5 Å². The van der Waals surface area contributed by atoms with Crippen LogP contribution in [0.15, 0.2) is 49.2 Å². The Bertz CT molecular complexity index is 693. The van der Waals surface area contributed by atoms with Crippen molar-refractivity contribution in [3.05, 3.63) is 54.7 Å². The van der Waals surface area contributed by atoms with Gasteiger partial charge in [-0.05, 0) is 48.9 Å². The Labute approximate surface area is 131 Å². The molecule has 0 aliphatic carbocycles. The van der Waals surface area contributed by atoms with Crippen LogP contribution in [0.3, 0.4) is 0 Å². The van der Waals surface area contributed by atoms with Crippen molar-refractivity contribution >= 4 is 10.9 Å². The van der Waals surface area contributed by atoms with Crippen LogP contribution in [0.2, 0.25) is 0 Å². The van der Waals surface area contributed by atoms with E-state index in [2.05, 4.69) is 28.6 Å². The second-order valence-corrected chi connectivity index (χ2v) is 6.61. The van der Waals surface area contributed by atoms with Gasteiger partial charge in [0.05, 0.1) is 11.6 Å². The van der Waals surface area contributed by atoms with Crippen molar-refractivity contribution in [2.75, 3.05) is 13.1 Å². The molecule has 114 valence electrons. The molecule has 3 saturated heterocycles. The number of para-hydroxylation sites is 1.